The van der Waals surface area contributed by atoms with Crippen molar-refractivity contribution in [2.24, 2.45) is 0 Å². The average molecular weight is 371 g/mol. The van der Waals surface area contributed by atoms with E-state index in [9.17, 15) is 4.79 Å². The summed E-state index contributed by atoms with van der Waals surface area (Å²) in [7, 11) is 0. The van der Waals surface area contributed by atoms with E-state index in [0.717, 1.165) is 50.2 Å². The van der Waals surface area contributed by atoms with Crippen LogP contribution >= 0.6 is 0 Å². The third-order valence-electron chi connectivity index (χ3n) is 5.81. The number of hydrogen-bond acceptors (Lipinski definition) is 5. The Bertz CT molecular complexity index is 794. The lowest BCUT2D eigenvalue weighted by molar-refractivity contribution is -0.132. The van der Waals surface area contributed by atoms with Crippen molar-refractivity contribution in [2.45, 2.75) is 77.0 Å². The van der Waals surface area contributed by atoms with Crippen LogP contribution in [0.15, 0.2) is 4.52 Å². The Balaban J connectivity index is 1.35. The zero-order valence-corrected chi connectivity index (χ0v) is 16.3. The van der Waals surface area contributed by atoms with Gasteiger partial charge in [0.05, 0.1) is 11.6 Å². The average Bonchev–Trinajstić information content (AvgIpc) is 3.34. The molecule has 0 saturated carbocycles. The molecular weight excluding hydrogens is 342 g/mol. The lowest BCUT2D eigenvalue weighted by atomic mass is 9.94. The van der Waals surface area contributed by atoms with Crippen LogP contribution in [0.4, 0.5) is 0 Å². The number of rotatable bonds is 5. The molecular formula is C20H29N5O2. The number of H-pyrrole nitrogens is 1. The fourth-order valence-corrected chi connectivity index (χ4v) is 4.19. The minimum absolute atomic E-state index is 0.154. The van der Waals surface area contributed by atoms with E-state index in [1.807, 2.05) is 4.90 Å². The molecule has 1 unspecified atom stereocenters. The maximum atomic E-state index is 12.8. The largest absolute Gasteiger partial charge is 0.342 e. The first-order chi connectivity index (χ1) is 13.1. The summed E-state index contributed by atoms with van der Waals surface area (Å²) in [6.45, 7) is 5.61. The van der Waals surface area contributed by atoms with E-state index in [2.05, 4.69) is 34.2 Å². The zero-order chi connectivity index (χ0) is 18.8. The number of hydrogen-bond donors (Lipinski definition) is 1. The molecule has 2 aromatic heterocycles. The molecule has 27 heavy (non-hydrogen) atoms. The monoisotopic (exact) mass is 371 g/mol. The van der Waals surface area contributed by atoms with Gasteiger partial charge in [-0.3, -0.25) is 9.89 Å². The summed E-state index contributed by atoms with van der Waals surface area (Å²) < 4.78 is 5.46. The van der Waals surface area contributed by atoms with Gasteiger partial charge in [0.25, 0.3) is 0 Å². The maximum Gasteiger partial charge on any atom is 0.231 e. The smallest absolute Gasteiger partial charge is 0.231 e. The molecule has 1 aliphatic heterocycles. The SMILES string of the molecule is CC(C)c1noc(C2CCCN(C(=O)CCc3n[nH]c4c3CCCC4)C2)n1. The highest BCUT2D eigenvalue weighted by Crippen LogP contribution is 2.28. The van der Waals surface area contributed by atoms with Gasteiger partial charge in [0, 0.05) is 37.5 Å². The summed E-state index contributed by atoms with van der Waals surface area (Å²) in [5.41, 5.74) is 3.72. The van der Waals surface area contributed by atoms with E-state index < -0.39 is 0 Å². The minimum Gasteiger partial charge on any atom is -0.342 e. The van der Waals surface area contributed by atoms with Gasteiger partial charge in [0.2, 0.25) is 11.8 Å². The van der Waals surface area contributed by atoms with Crippen molar-refractivity contribution < 1.29 is 9.32 Å². The van der Waals surface area contributed by atoms with Crippen LogP contribution in [0.25, 0.3) is 0 Å². The normalized spacial score (nSPS) is 20.1. The van der Waals surface area contributed by atoms with Gasteiger partial charge in [0.15, 0.2) is 5.82 Å². The Morgan fingerprint density at radius 1 is 1.30 bits per heavy atom. The topological polar surface area (TPSA) is 87.9 Å². The number of carbonyl (C=O) groups is 1. The number of aromatic nitrogens is 4. The van der Waals surface area contributed by atoms with Gasteiger partial charge in [-0.15, -0.1) is 0 Å². The fourth-order valence-electron chi connectivity index (χ4n) is 4.19. The van der Waals surface area contributed by atoms with Crippen molar-refractivity contribution in [3.8, 4) is 0 Å². The van der Waals surface area contributed by atoms with Crippen molar-refractivity contribution in [1.82, 2.24) is 25.2 Å². The number of carbonyl (C=O) groups excluding carboxylic acids is 1. The molecule has 1 saturated heterocycles. The predicted molar refractivity (Wildman–Crippen MR) is 100 cm³/mol. The number of amides is 1. The van der Waals surface area contributed by atoms with Crippen molar-refractivity contribution in [1.29, 1.82) is 0 Å². The number of fused-ring (bicyclic) bond motifs is 1. The first-order valence-electron chi connectivity index (χ1n) is 10.3. The highest BCUT2D eigenvalue weighted by atomic mass is 16.5. The van der Waals surface area contributed by atoms with Crippen LogP contribution in [0.3, 0.4) is 0 Å². The molecule has 4 rings (SSSR count). The number of likely N-dealkylation sites (tertiary alicyclic amines) is 1. The molecule has 7 heteroatoms. The molecule has 1 amide bonds. The van der Waals surface area contributed by atoms with Gasteiger partial charge in [0.1, 0.15) is 0 Å². The Morgan fingerprint density at radius 2 is 2.15 bits per heavy atom. The molecule has 2 aliphatic rings. The van der Waals surface area contributed by atoms with Crippen LogP contribution in [-0.2, 0) is 24.1 Å². The van der Waals surface area contributed by atoms with Crippen LogP contribution < -0.4 is 0 Å². The number of piperidine rings is 1. The zero-order valence-electron chi connectivity index (χ0n) is 16.3. The minimum atomic E-state index is 0.154. The summed E-state index contributed by atoms with van der Waals surface area (Å²) in [5, 5.41) is 11.7. The lowest BCUT2D eigenvalue weighted by Crippen LogP contribution is -2.39. The highest BCUT2D eigenvalue weighted by molar-refractivity contribution is 5.76. The van der Waals surface area contributed by atoms with E-state index in [-0.39, 0.29) is 17.7 Å². The fraction of sp³-hybridized carbons (Fsp3) is 0.700. The van der Waals surface area contributed by atoms with Crippen LogP contribution in [0, 0.1) is 0 Å². The molecule has 1 aliphatic carbocycles. The van der Waals surface area contributed by atoms with E-state index in [0.29, 0.717) is 18.9 Å². The molecule has 1 atom stereocenters. The molecule has 0 spiro atoms. The van der Waals surface area contributed by atoms with Gasteiger partial charge in [-0.05, 0) is 44.1 Å². The highest BCUT2D eigenvalue weighted by Gasteiger charge is 2.29. The Kier molecular flexibility index (Phi) is 5.27. The number of nitrogens with zero attached hydrogens (tertiary/aromatic N) is 4. The molecule has 3 heterocycles. The Labute approximate surface area is 159 Å². The van der Waals surface area contributed by atoms with Crippen LogP contribution in [0.2, 0.25) is 0 Å². The summed E-state index contributed by atoms with van der Waals surface area (Å²) in [4.78, 5) is 19.3. The first kappa shape index (κ1) is 18.2. The van der Waals surface area contributed by atoms with E-state index in [1.54, 1.807) is 0 Å². The molecule has 0 aromatic carbocycles. The van der Waals surface area contributed by atoms with Crippen molar-refractivity contribution >= 4 is 5.91 Å². The van der Waals surface area contributed by atoms with Crippen LogP contribution in [0.5, 0.6) is 0 Å². The standard InChI is InChI=1S/C20H29N5O2/c1-13(2)19-21-20(27-24-19)14-6-5-11-25(12-14)18(26)10-9-17-15-7-3-4-8-16(15)22-23-17/h13-14H,3-12H2,1-2H3,(H,22,23). The van der Waals surface area contributed by atoms with Gasteiger partial charge in [-0.1, -0.05) is 19.0 Å². The first-order valence-corrected chi connectivity index (χ1v) is 10.3. The number of aryl methyl sites for hydroxylation is 2. The third kappa shape index (κ3) is 3.92. The van der Waals surface area contributed by atoms with Gasteiger partial charge in [-0.25, -0.2) is 0 Å². The van der Waals surface area contributed by atoms with Gasteiger partial charge >= 0.3 is 0 Å². The molecule has 2 aromatic rings. The summed E-state index contributed by atoms with van der Waals surface area (Å²) in [6, 6.07) is 0. The van der Waals surface area contributed by atoms with Crippen molar-refractivity contribution in [3.05, 3.63) is 28.7 Å². The second-order valence-electron chi connectivity index (χ2n) is 8.16. The second-order valence-corrected chi connectivity index (χ2v) is 8.16. The van der Waals surface area contributed by atoms with E-state index >= 15 is 0 Å². The molecule has 0 bridgehead atoms. The molecule has 7 nitrogen and oxygen atoms in total. The van der Waals surface area contributed by atoms with Crippen LogP contribution in [-0.4, -0.2) is 44.2 Å². The summed E-state index contributed by atoms with van der Waals surface area (Å²) in [5.74, 6) is 2.04. The van der Waals surface area contributed by atoms with Crippen LogP contribution in [0.1, 0.15) is 86.5 Å². The summed E-state index contributed by atoms with van der Waals surface area (Å²) >= 11 is 0. The van der Waals surface area contributed by atoms with E-state index in [1.165, 1.54) is 24.1 Å². The molecule has 146 valence electrons. The quantitative estimate of drug-likeness (QED) is 0.872. The van der Waals surface area contributed by atoms with Crippen molar-refractivity contribution in [3.63, 3.8) is 0 Å². The Hall–Kier alpha value is -2.18. The summed E-state index contributed by atoms with van der Waals surface area (Å²) in [6.07, 6.45) is 7.86. The molecule has 0 radical (unpaired) electrons. The number of aromatic amines is 1. The molecule has 1 N–H and O–H groups in total. The van der Waals surface area contributed by atoms with Gasteiger partial charge in [-0.2, -0.15) is 10.1 Å². The number of nitrogens with one attached hydrogen (secondary N) is 1. The van der Waals surface area contributed by atoms with E-state index in [4.69, 9.17) is 4.52 Å². The second kappa shape index (κ2) is 7.82. The van der Waals surface area contributed by atoms with Crippen molar-refractivity contribution in [2.75, 3.05) is 13.1 Å². The maximum absolute atomic E-state index is 12.8. The predicted octanol–water partition coefficient (Wildman–Crippen LogP) is 3.13. The molecule has 1 fully saturated rings. The van der Waals surface area contributed by atoms with Gasteiger partial charge < -0.3 is 9.42 Å². The lowest BCUT2D eigenvalue weighted by Gasteiger charge is -2.31. The third-order valence-corrected chi connectivity index (χ3v) is 5.81. The Morgan fingerprint density at radius 3 is 2.96 bits per heavy atom.